The largest absolute Gasteiger partial charge is 0.372 e. The van der Waals surface area contributed by atoms with Gasteiger partial charge in [0.05, 0.1) is 42.1 Å². The fraction of sp³-hybridized carbons (Fsp3) is 0.400. The third-order valence-electron chi connectivity index (χ3n) is 12.3. The average Bonchev–Trinajstić information content (AvgIpc) is 3.46. The molecular formula is C45H49FN10O6. The number of hydrogen-bond donors (Lipinski definition) is 3. The van der Waals surface area contributed by atoms with Crippen molar-refractivity contribution in [1.82, 2.24) is 30.0 Å². The molecule has 3 aromatic carbocycles. The van der Waals surface area contributed by atoms with Gasteiger partial charge in [0.2, 0.25) is 17.8 Å². The zero-order chi connectivity index (χ0) is 43.2. The molecule has 0 spiro atoms. The van der Waals surface area contributed by atoms with Crippen molar-refractivity contribution in [3.8, 4) is 11.3 Å². The van der Waals surface area contributed by atoms with Crippen molar-refractivity contribution in [3.05, 3.63) is 89.4 Å². The molecule has 5 aliphatic heterocycles. The Morgan fingerprint density at radius 1 is 0.871 bits per heavy atom. The van der Waals surface area contributed by atoms with E-state index in [-0.39, 0.29) is 36.6 Å². The number of piperazine rings is 1. The Hall–Kier alpha value is -6.46. The van der Waals surface area contributed by atoms with E-state index in [0.29, 0.717) is 53.0 Å². The van der Waals surface area contributed by atoms with Crippen LogP contribution in [-0.4, -0.2) is 131 Å². The minimum atomic E-state index is -0.979. The lowest BCUT2D eigenvalue weighted by atomic mass is 9.97. The van der Waals surface area contributed by atoms with Crippen molar-refractivity contribution in [2.24, 2.45) is 5.92 Å². The molecular weight excluding hydrogens is 796 g/mol. The smallest absolute Gasteiger partial charge is 0.322 e. The summed E-state index contributed by atoms with van der Waals surface area (Å²) >= 11 is 0. The van der Waals surface area contributed by atoms with E-state index in [1.807, 2.05) is 39.0 Å². The first-order valence-electron chi connectivity index (χ1n) is 21.2. The number of imide groups is 2. The highest BCUT2D eigenvalue weighted by molar-refractivity contribution is 6.23. The molecule has 6 amide bonds. The van der Waals surface area contributed by atoms with Crippen LogP contribution < -0.4 is 25.8 Å². The number of piperidine rings is 1. The molecule has 16 nitrogen and oxygen atoms in total. The summed E-state index contributed by atoms with van der Waals surface area (Å²) in [5.41, 5.74) is 5.53. The molecule has 1 atom stereocenters. The van der Waals surface area contributed by atoms with Crippen LogP contribution in [-0.2, 0) is 14.3 Å². The van der Waals surface area contributed by atoms with Gasteiger partial charge >= 0.3 is 6.03 Å². The van der Waals surface area contributed by atoms with E-state index >= 15 is 0 Å². The number of ether oxygens (including phenoxy) is 1. The van der Waals surface area contributed by atoms with Gasteiger partial charge in [-0.05, 0) is 93.4 Å². The Morgan fingerprint density at radius 2 is 1.60 bits per heavy atom. The summed E-state index contributed by atoms with van der Waals surface area (Å²) in [5.74, 6) is -1.66. The van der Waals surface area contributed by atoms with Gasteiger partial charge < -0.3 is 30.1 Å². The van der Waals surface area contributed by atoms with E-state index in [1.54, 1.807) is 29.3 Å². The summed E-state index contributed by atoms with van der Waals surface area (Å²) in [6.07, 6.45) is 1.92. The molecule has 62 heavy (non-hydrogen) atoms. The number of hydrogen-bond acceptors (Lipinski definition) is 12. The van der Waals surface area contributed by atoms with Gasteiger partial charge in [-0.25, -0.2) is 19.2 Å². The van der Waals surface area contributed by atoms with Crippen LogP contribution in [0.2, 0.25) is 0 Å². The van der Waals surface area contributed by atoms with Gasteiger partial charge in [0.15, 0.2) is 0 Å². The number of urea groups is 1. The van der Waals surface area contributed by atoms with Gasteiger partial charge in [-0.1, -0.05) is 0 Å². The molecule has 0 saturated carbocycles. The number of likely N-dealkylation sites (tertiary alicyclic amines) is 1. The van der Waals surface area contributed by atoms with E-state index in [1.165, 1.54) is 12.1 Å². The molecule has 4 saturated heterocycles. The highest BCUT2D eigenvalue weighted by Crippen LogP contribution is 2.34. The topological polar surface area (TPSA) is 173 Å². The molecule has 3 N–H and O–H groups in total. The number of amides is 6. The number of aromatic nitrogens is 2. The molecule has 0 radical (unpaired) electrons. The van der Waals surface area contributed by atoms with Crippen LogP contribution in [0.15, 0.2) is 66.9 Å². The minimum absolute atomic E-state index is 0.00472. The second-order valence-electron chi connectivity index (χ2n) is 16.9. The third kappa shape index (κ3) is 8.29. The number of carbonyl (C=O) groups is 5. The number of carbonyl (C=O) groups excluding carboxylic acids is 5. The lowest BCUT2D eigenvalue weighted by Gasteiger charge is -2.45. The number of nitrogens with zero attached hydrogens (tertiary/aromatic N) is 7. The van der Waals surface area contributed by atoms with Gasteiger partial charge in [-0.15, -0.1) is 0 Å². The molecule has 1 unspecified atom stereocenters. The number of anilines is 5. The van der Waals surface area contributed by atoms with Crippen LogP contribution in [0.5, 0.6) is 0 Å². The van der Waals surface area contributed by atoms with Crippen molar-refractivity contribution in [2.45, 2.75) is 51.9 Å². The van der Waals surface area contributed by atoms with Crippen LogP contribution in [0.3, 0.4) is 0 Å². The maximum absolute atomic E-state index is 14.9. The number of fused-ring (bicyclic) bond motifs is 1. The minimum Gasteiger partial charge on any atom is -0.372 e. The molecule has 5 aliphatic rings. The van der Waals surface area contributed by atoms with Crippen LogP contribution in [0.4, 0.5) is 37.9 Å². The molecule has 9 rings (SSSR count). The van der Waals surface area contributed by atoms with Crippen molar-refractivity contribution < 1.29 is 33.1 Å². The highest BCUT2D eigenvalue weighted by Gasteiger charge is 2.45. The Bertz CT molecular complexity index is 2430. The summed E-state index contributed by atoms with van der Waals surface area (Å²) in [6, 6.07) is 16.6. The highest BCUT2D eigenvalue weighted by atomic mass is 19.1. The van der Waals surface area contributed by atoms with Crippen molar-refractivity contribution >= 4 is 58.4 Å². The second kappa shape index (κ2) is 16.8. The molecule has 4 fully saturated rings. The zero-order valence-electron chi connectivity index (χ0n) is 34.9. The fourth-order valence-electron chi connectivity index (χ4n) is 8.90. The summed E-state index contributed by atoms with van der Waals surface area (Å²) in [5, 5.41) is 8.36. The Morgan fingerprint density at radius 3 is 2.32 bits per heavy atom. The number of halogens is 1. The van der Waals surface area contributed by atoms with Crippen LogP contribution in [0.25, 0.3) is 11.3 Å². The molecule has 17 heteroatoms. The summed E-state index contributed by atoms with van der Waals surface area (Å²) in [4.78, 5) is 82.1. The van der Waals surface area contributed by atoms with Crippen molar-refractivity contribution in [2.75, 3.05) is 79.3 Å². The lowest BCUT2D eigenvalue weighted by molar-refractivity contribution is -0.136. The third-order valence-corrected chi connectivity index (χ3v) is 12.3. The molecule has 0 aliphatic carbocycles. The lowest BCUT2D eigenvalue weighted by Crippen LogP contribution is -2.56. The van der Waals surface area contributed by atoms with Crippen molar-refractivity contribution in [3.63, 3.8) is 0 Å². The quantitative estimate of drug-likeness (QED) is 0.179. The average molecular weight is 845 g/mol. The fourth-order valence-corrected chi connectivity index (χ4v) is 8.90. The van der Waals surface area contributed by atoms with E-state index in [2.05, 4.69) is 52.8 Å². The molecule has 6 heterocycles. The second-order valence-corrected chi connectivity index (χ2v) is 16.9. The Labute approximate surface area is 358 Å². The predicted molar refractivity (Wildman–Crippen MR) is 230 cm³/mol. The van der Waals surface area contributed by atoms with Gasteiger partial charge in [-0.3, -0.25) is 34.3 Å². The summed E-state index contributed by atoms with van der Waals surface area (Å²) in [6.45, 7) is 13.0. The van der Waals surface area contributed by atoms with Crippen molar-refractivity contribution in [1.29, 1.82) is 0 Å². The van der Waals surface area contributed by atoms with Gasteiger partial charge in [0, 0.05) is 92.7 Å². The van der Waals surface area contributed by atoms with Gasteiger partial charge in [0.25, 0.3) is 11.8 Å². The SMILES string of the molecule is Cc1c(NC(=O)N2CC(OC(C)C)C2)cc(F)cc1-c1ccnc(Nc2ccc(N3CCN(CC4CN(c5ccc6c(c5)C(=O)N(C5CCC(=O)NC5=O)C6=O)C4)CC3)cc2)n1. The van der Waals surface area contributed by atoms with Crippen LogP contribution in [0, 0.1) is 18.7 Å². The first-order chi connectivity index (χ1) is 29.9. The Balaban J connectivity index is 0.743. The van der Waals surface area contributed by atoms with Gasteiger partial charge in [-0.2, -0.15) is 0 Å². The summed E-state index contributed by atoms with van der Waals surface area (Å²) in [7, 11) is 0. The van der Waals surface area contributed by atoms with E-state index in [0.717, 1.165) is 67.8 Å². The van der Waals surface area contributed by atoms with E-state index in [9.17, 15) is 28.4 Å². The van der Waals surface area contributed by atoms with Crippen LogP contribution >= 0.6 is 0 Å². The number of nitrogens with one attached hydrogen (secondary N) is 3. The molecule has 4 aromatic rings. The van der Waals surface area contributed by atoms with E-state index < -0.39 is 35.5 Å². The standard InChI is InChI=1S/C45H49FN10O6/c1-26(2)62-33-24-55(25-33)45(61)50-38-19-29(46)18-35(27(38)3)37-12-13-47-44(49-37)48-30-4-6-31(7-5-30)53-16-14-52(15-17-53)21-28-22-54(23-28)32-8-9-34-36(20-32)43(60)56(42(34)59)39-10-11-40(57)51-41(39)58/h4-9,12-13,18-20,26,28,33,39H,10-11,14-17,21-25H2,1-3H3,(H,50,61)(H,47,48,49)(H,51,57,58). The zero-order valence-corrected chi connectivity index (χ0v) is 34.9. The van der Waals surface area contributed by atoms with Gasteiger partial charge in [0.1, 0.15) is 11.9 Å². The molecule has 1 aromatic heterocycles. The first kappa shape index (κ1) is 40.9. The van der Waals surface area contributed by atoms with E-state index in [4.69, 9.17) is 4.74 Å². The normalized spacial score (nSPS) is 19.7. The maximum atomic E-state index is 14.9. The monoisotopic (exact) mass is 844 g/mol. The number of rotatable bonds is 11. The summed E-state index contributed by atoms with van der Waals surface area (Å²) < 4.78 is 20.6. The first-order valence-corrected chi connectivity index (χ1v) is 21.2. The molecule has 322 valence electrons. The maximum Gasteiger partial charge on any atom is 0.322 e. The predicted octanol–water partition coefficient (Wildman–Crippen LogP) is 4.64. The number of benzene rings is 3. The van der Waals surface area contributed by atoms with Crippen LogP contribution in [0.1, 0.15) is 53.0 Å². The Kier molecular flexibility index (Phi) is 11.1. The molecule has 0 bridgehead atoms.